The van der Waals surface area contributed by atoms with Gasteiger partial charge in [-0.1, -0.05) is 28.9 Å². The van der Waals surface area contributed by atoms with Crippen molar-refractivity contribution in [3.05, 3.63) is 28.7 Å². The number of ether oxygens (including phenoxy) is 3. The second kappa shape index (κ2) is 7.98. The van der Waals surface area contributed by atoms with Crippen LogP contribution in [-0.2, 0) is 9.47 Å². The van der Waals surface area contributed by atoms with Crippen LogP contribution in [0.1, 0.15) is 13.3 Å². The average Bonchev–Trinajstić information content (AvgIpc) is 2.42. The number of nitrogens with one attached hydrogen (secondary N) is 1. The predicted octanol–water partition coefficient (Wildman–Crippen LogP) is 2.61. The Hall–Kier alpha value is -0.620. The number of halogens is 1. The topological polar surface area (TPSA) is 39.7 Å². The van der Waals surface area contributed by atoms with Crippen LogP contribution < -0.4 is 10.1 Å². The molecular formula is C15H22BrNO3. The van der Waals surface area contributed by atoms with Crippen LogP contribution in [-0.4, -0.2) is 45.1 Å². The first kappa shape index (κ1) is 15.8. The summed E-state index contributed by atoms with van der Waals surface area (Å²) in [5.41, 5.74) is 0. The second-order valence-electron chi connectivity index (χ2n) is 4.84. The van der Waals surface area contributed by atoms with E-state index in [0.29, 0.717) is 19.3 Å². The van der Waals surface area contributed by atoms with E-state index < -0.39 is 0 Å². The van der Waals surface area contributed by atoms with Crippen LogP contribution in [0.25, 0.3) is 0 Å². The van der Waals surface area contributed by atoms with Gasteiger partial charge in [-0.05, 0) is 24.7 Å². The summed E-state index contributed by atoms with van der Waals surface area (Å²) >= 11 is 3.46. The third kappa shape index (κ3) is 4.19. The molecule has 1 aromatic carbocycles. The molecular weight excluding hydrogens is 322 g/mol. The first-order valence-electron chi connectivity index (χ1n) is 7.00. The van der Waals surface area contributed by atoms with Crippen LogP contribution in [0.3, 0.4) is 0 Å². The number of benzene rings is 1. The van der Waals surface area contributed by atoms with Crippen molar-refractivity contribution >= 4 is 15.9 Å². The van der Waals surface area contributed by atoms with Gasteiger partial charge in [-0.25, -0.2) is 0 Å². The van der Waals surface area contributed by atoms with E-state index in [1.165, 1.54) is 0 Å². The number of methoxy groups -OCH3 is 1. The van der Waals surface area contributed by atoms with Crippen LogP contribution in [0.4, 0.5) is 0 Å². The molecule has 0 amide bonds. The van der Waals surface area contributed by atoms with Gasteiger partial charge in [0.2, 0.25) is 0 Å². The normalized spacial score (nSPS) is 25.2. The molecule has 0 aromatic heterocycles. The molecule has 1 aliphatic carbocycles. The largest absolute Gasteiger partial charge is 0.488 e. The van der Waals surface area contributed by atoms with E-state index in [1.807, 2.05) is 24.3 Å². The zero-order valence-corrected chi connectivity index (χ0v) is 13.6. The lowest BCUT2D eigenvalue weighted by Crippen LogP contribution is -2.61. The number of likely N-dealkylation sites (N-methyl/N-ethyl adjacent to an activating group) is 1. The number of rotatable bonds is 8. The molecule has 1 aliphatic rings. The van der Waals surface area contributed by atoms with Gasteiger partial charge in [-0.3, -0.25) is 0 Å². The smallest absolute Gasteiger partial charge is 0.128 e. The Morgan fingerprint density at radius 1 is 1.35 bits per heavy atom. The van der Waals surface area contributed by atoms with Gasteiger partial charge in [0.15, 0.2) is 0 Å². The molecule has 0 spiro atoms. The monoisotopic (exact) mass is 343 g/mol. The maximum Gasteiger partial charge on any atom is 0.128 e. The van der Waals surface area contributed by atoms with Crippen molar-refractivity contribution in [2.45, 2.75) is 31.6 Å². The minimum absolute atomic E-state index is 0.0871. The van der Waals surface area contributed by atoms with Crippen molar-refractivity contribution in [2.24, 2.45) is 0 Å². The quantitative estimate of drug-likeness (QED) is 0.736. The van der Waals surface area contributed by atoms with E-state index >= 15 is 0 Å². The Bertz CT molecular complexity index is 416. The highest BCUT2D eigenvalue weighted by Crippen LogP contribution is 2.30. The second-order valence-corrected chi connectivity index (χ2v) is 5.76. The fourth-order valence-electron chi connectivity index (χ4n) is 2.36. The Balaban J connectivity index is 1.89. The van der Waals surface area contributed by atoms with Gasteiger partial charge < -0.3 is 19.5 Å². The van der Waals surface area contributed by atoms with Crippen molar-refractivity contribution in [1.29, 1.82) is 0 Å². The zero-order chi connectivity index (χ0) is 14.4. The Morgan fingerprint density at radius 3 is 2.90 bits per heavy atom. The van der Waals surface area contributed by atoms with Gasteiger partial charge in [-0.15, -0.1) is 0 Å². The highest BCUT2D eigenvalue weighted by atomic mass is 79.9. The summed E-state index contributed by atoms with van der Waals surface area (Å²) in [4.78, 5) is 0. The minimum atomic E-state index is 0.0871. The van der Waals surface area contributed by atoms with E-state index in [4.69, 9.17) is 14.2 Å². The molecule has 0 aliphatic heterocycles. The Morgan fingerprint density at radius 2 is 2.20 bits per heavy atom. The standard InChI is InChI=1S/C15H22BrNO3/c1-3-17-13-10-14(15(13)19-8-7-18-2)20-12-6-4-5-11(16)9-12/h4-6,9,13-15,17H,3,7-8,10H2,1-2H3. The molecule has 112 valence electrons. The van der Waals surface area contributed by atoms with Crippen molar-refractivity contribution < 1.29 is 14.2 Å². The minimum Gasteiger partial charge on any atom is -0.488 e. The van der Waals surface area contributed by atoms with Crippen LogP contribution in [0.5, 0.6) is 5.75 Å². The van der Waals surface area contributed by atoms with Gasteiger partial charge in [0.05, 0.1) is 13.2 Å². The lowest BCUT2D eigenvalue weighted by molar-refractivity contribution is -0.115. The molecule has 0 radical (unpaired) electrons. The SMILES string of the molecule is CCNC1CC(Oc2cccc(Br)c2)C1OCCOC. The highest BCUT2D eigenvalue weighted by molar-refractivity contribution is 9.10. The fraction of sp³-hybridized carbons (Fsp3) is 0.600. The van der Waals surface area contributed by atoms with Crippen molar-refractivity contribution in [2.75, 3.05) is 26.9 Å². The van der Waals surface area contributed by atoms with Gasteiger partial charge in [0.1, 0.15) is 18.0 Å². The molecule has 0 heterocycles. The molecule has 2 rings (SSSR count). The highest BCUT2D eigenvalue weighted by Gasteiger charge is 2.43. The molecule has 1 fully saturated rings. The van der Waals surface area contributed by atoms with E-state index in [9.17, 15) is 0 Å². The van der Waals surface area contributed by atoms with Crippen LogP contribution in [0.2, 0.25) is 0 Å². The van der Waals surface area contributed by atoms with Gasteiger partial charge in [0.25, 0.3) is 0 Å². The summed E-state index contributed by atoms with van der Waals surface area (Å²) in [6.07, 6.45) is 1.16. The Kier molecular flexibility index (Phi) is 6.29. The van der Waals surface area contributed by atoms with Crippen LogP contribution in [0, 0.1) is 0 Å². The molecule has 1 saturated carbocycles. The molecule has 0 saturated heterocycles. The predicted molar refractivity (Wildman–Crippen MR) is 82.3 cm³/mol. The zero-order valence-electron chi connectivity index (χ0n) is 12.0. The molecule has 5 heteroatoms. The summed E-state index contributed by atoms with van der Waals surface area (Å²) in [7, 11) is 1.68. The van der Waals surface area contributed by atoms with E-state index in [-0.39, 0.29) is 12.2 Å². The number of hydrogen-bond acceptors (Lipinski definition) is 4. The lowest BCUT2D eigenvalue weighted by atomic mass is 9.85. The van der Waals surface area contributed by atoms with Gasteiger partial charge in [0, 0.05) is 24.0 Å². The molecule has 0 bridgehead atoms. The summed E-state index contributed by atoms with van der Waals surface area (Å²) in [5, 5.41) is 3.43. The average molecular weight is 344 g/mol. The maximum atomic E-state index is 6.02. The summed E-state index contributed by atoms with van der Waals surface area (Å²) in [6, 6.07) is 8.28. The molecule has 4 nitrogen and oxygen atoms in total. The third-order valence-electron chi connectivity index (χ3n) is 3.40. The molecule has 1 aromatic rings. The van der Waals surface area contributed by atoms with Crippen molar-refractivity contribution in [1.82, 2.24) is 5.32 Å². The van der Waals surface area contributed by atoms with E-state index in [0.717, 1.165) is 23.2 Å². The summed E-state index contributed by atoms with van der Waals surface area (Å²) in [5.74, 6) is 0.875. The first-order valence-corrected chi connectivity index (χ1v) is 7.80. The fourth-order valence-corrected chi connectivity index (χ4v) is 2.74. The summed E-state index contributed by atoms with van der Waals surface area (Å²) in [6.45, 7) is 4.26. The van der Waals surface area contributed by atoms with Crippen molar-refractivity contribution in [3.63, 3.8) is 0 Å². The van der Waals surface area contributed by atoms with Crippen LogP contribution in [0.15, 0.2) is 28.7 Å². The molecule has 1 N–H and O–H groups in total. The molecule has 20 heavy (non-hydrogen) atoms. The molecule has 3 atom stereocenters. The Labute approximate surface area is 128 Å². The van der Waals surface area contributed by atoms with E-state index in [2.05, 4.69) is 28.2 Å². The van der Waals surface area contributed by atoms with Crippen molar-refractivity contribution in [3.8, 4) is 5.75 Å². The van der Waals surface area contributed by atoms with Gasteiger partial charge >= 0.3 is 0 Å². The van der Waals surface area contributed by atoms with E-state index in [1.54, 1.807) is 7.11 Å². The molecule has 3 unspecified atom stereocenters. The maximum absolute atomic E-state index is 6.02. The van der Waals surface area contributed by atoms with Gasteiger partial charge in [-0.2, -0.15) is 0 Å². The third-order valence-corrected chi connectivity index (χ3v) is 3.89. The first-order chi connectivity index (χ1) is 9.74. The lowest BCUT2D eigenvalue weighted by Gasteiger charge is -2.44. The summed E-state index contributed by atoms with van der Waals surface area (Å²) < 4.78 is 17.9. The van der Waals surface area contributed by atoms with Crippen LogP contribution >= 0.6 is 15.9 Å². The number of hydrogen-bond donors (Lipinski definition) is 1.